The number of benzene rings is 2. The number of amides is 1. The number of aryl methyl sites for hydroxylation is 2. The maximum atomic E-state index is 12.6. The highest BCUT2D eigenvalue weighted by molar-refractivity contribution is 7.87. The zero-order chi connectivity index (χ0) is 23.1. The third-order valence-corrected chi connectivity index (χ3v) is 7.17. The first-order chi connectivity index (χ1) is 15.3. The predicted molar refractivity (Wildman–Crippen MR) is 126 cm³/mol. The van der Waals surface area contributed by atoms with Gasteiger partial charge in [0.05, 0.1) is 0 Å². The van der Waals surface area contributed by atoms with Gasteiger partial charge in [-0.15, -0.1) is 0 Å². The molecule has 7 nitrogen and oxygen atoms in total. The van der Waals surface area contributed by atoms with Crippen LogP contribution in [0.15, 0.2) is 47.4 Å². The molecule has 1 aliphatic heterocycles. The summed E-state index contributed by atoms with van der Waals surface area (Å²) in [5.74, 6) is -0.00147. The zero-order valence-electron chi connectivity index (χ0n) is 19.1. The first-order valence-corrected chi connectivity index (χ1v) is 12.5. The molecule has 0 unspecified atom stereocenters. The van der Waals surface area contributed by atoms with E-state index in [4.69, 9.17) is 4.18 Å². The molecule has 2 aromatic carbocycles. The summed E-state index contributed by atoms with van der Waals surface area (Å²) in [6.07, 6.45) is 0.896. The van der Waals surface area contributed by atoms with Crippen molar-refractivity contribution in [1.29, 1.82) is 0 Å². The number of carbonyl (C=O) groups is 1. The molecule has 32 heavy (non-hydrogen) atoms. The fourth-order valence-corrected chi connectivity index (χ4v) is 4.99. The molecule has 1 amide bonds. The number of hydrogen-bond donors (Lipinski definition) is 1. The number of nitrogens with one attached hydrogen (secondary N) is 1. The van der Waals surface area contributed by atoms with Crippen LogP contribution in [0.2, 0.25) is 0 Å². The normalized spacial score (nSPS) is 15.5. The molecule has 1 heterocycles. The molecule has 1 N–H and O–H groups in total. The van der Waals surface area contributed by atoms with Crippen molar-refractivity contribution < 1.29 is 17.4 Å². The molecule has 1 aliphatic rings. The lowest BCUT2D eigenvalue weighted by molar-refractivity contribution is 0.0948. The SMILES string of the molecule is CCN1CCN(CCCNC(=O)c2ccc(OS(=O)(=O)c3cc(C)ccc3C)cc2)CC1. The summed E-state index contributed by atoms with van der Waals surface area (Å²) < 4.78 is 30.5. The van der Waals surface area contributed by atoms with Gasteiger partial charge in [0.1, 0.15) is 10.6 Å². The third kappa shape index (κ3) is 6.54. The maximum absolute atomic E-state index is 12.6. The van der Waals surface area contributed by atoms with Gasteiger partial charge in [-0.1, -0.05) is 19.1 Å². The Morgan fingerprint density at radius 3 is 2.31 bits per heavy atom. The van der Waals surface area contributed by atoms with E-state index in [9.17, 15) is 13.2 Å². The van der Waals surface area contributed by atoms with Crippen molar-refractivity contribution in [2.75, 3.05) is 45.8 Å². The summed E-state index contributed by atoms with van der Waals surface area (Å²) in [5.41, 5.74) is 1.94. The Labute approximate surface area is 191 Å². The molecular formula is C24H33N3O4S. The van der Waals surface area contributed by atoms with Gasteiger partial charge in [0, 0.05) is 38.3 Å². The summed E-state index contributed by atoms with van der Waals surface area (Å²) >= 11 is 0. The number of likely N-dealkylation sites (N-methyl/N-ethyl adjacent to an activating group) is 1. The fourth-order valence-electron chi connectivity index (χ4n) is 3.75. The van der Waals surface area contributed by atoms with Gasteiger partial charge in [0.25, 0.3) is 5.91 Å². The fraction of sp³-hybridized carbons (Fsp3) is 0.458. The Morgan fingerprint density at radius 2 is 1.66 bits per heavy atom. The van der Waals surface area contributed by atoms with Crippen LogP contribution in [0, 0.1) is 13.8 Å². The molecular weight excluding hydrogens is 426 g/mol. The second-order valence-corrected chi connectivity index (χ2v) is 9.73. The Balaban J connectivity index is 1.47. The van der Waals surface area contributed by atoms with Crippen LogP contribution in [0.4, 0.5) is 0 Å². The lowest BCUT2D eigenvalue weighted by atomic mass is 10.2. The molecule has 0 radical (unpaired) electrons. The standard InChI is InChI=1S/C24H33N3O4S/c1-4-26-14-16-27(17-15-26)13-5-12-25-24(28)21-8-10-22(11-9-21)31-32(29,30)23-18-19(2)6-7-20(23)3/h6-11,18H,4-5,12-17H2,1-3H3,(H,25,28). The van der Waals surface area contributed by atoms with Crippen molar-refractivity contribution >= 4 is 16.0 Å². The summed E-state index contributed by atoms with van der Waals surface area (Å²) in [6.45, 7) is 12.8. The van der Waals surface area contributed by atoms with Crippen LogP contribution in [0.3, 0.4) is 0 Å². The van der Waals surface area contributed by atoms with Crippen LogP contribution in [-0.2, 0) is 10.1 Å². The molecule has 0 bridgehead atoms. The minimum Gasteiger partial charge on any atom is -0.379 e. The molecule has 174 valence electrons. The highest BCUT2D eigenvalue weighted by Gasteiger charge is 2.20. The quantitative estimate of drug-likeness (QED) is 0.459. The van der Waals surface area contributed by atoms with Gasteiger partial charge in [-0.05, 0) is 74.8 Å². The number of piperazine rings is 1. The summed E-state index contributed by atoms with van der Waals surface area (Å²) in [6, 6.07) is 11.4. The van der Waals surface area contributed by atoms with Crippen LogP contribution in [0.5, 0.6) is 5.75 Å². The summed E-state index contributed by atoms with van der Waals surface area (Å²) in [4.78, 5) is 17.4. The number of hydrogen-bond acceptors (Lipinski definition) is 6. The molecule has 0 saturated carbocycles. The van der Waals surface area contributed by atoms with Crippen molar-refractivity contribution in [1.82, 2.24) is 15.1 Å². The van der Waals surface area contributed by atoms with Crippen LogP contribution >= 0.6 is 0 Å². The molecule has 3 rings (SSSR count). The van der Waals surface area contributed by atoms with Crippen LogP contribution in [0.25, 0.3) is 0 Å². The average molecular weight is 460 g/mol. The smallest absolute Gasteiger partial charge is 0.339 e. The first kappa shape index (κ1) is 24.2. The van der Waals surface area contributed by atoms with Gasteiger partial charge in [0.2, 0.25) is 0 Å². The van der Waals surface area contributed by atoms with Gasteiger partial charge in [0.15, 0.2) is 0 Å². The van der Waals surface area contributed by atoms with E-state index in [1.54, 1.807) is 31.2 Å². The highest BCUT2D eigenvalue weighted by atomic mass is 32.2. The van der Waals surface area contributed by atoms with E-state index in [0.29, 0.717) is 17.7 Å². The van der Waals surface area contributed by atoms with Gasteiger partial charge < -0.3 is 19.3 Å². The number of carbonyl (C=O) groups excluding carboxylic acids is 1. The Kier molecular flexibility index (Phi) is 8.28. The predicted octanol–water partition coefficient (Wildman–Crippen LogP) is 2.83. The van der Waals surface area contributed by atoms with Gasteiger partial charge >= 0.3 is 10.1 Å². The number of rotatable bonds is 9. The van der Waals surface area contributed by atoms with Crippen molar-refractivity contribution in [3.05, 3.63) is 59.2 Å². The average Bonchev–Trinajstić information content (AvgIpc) is 2.78. The first-order valence-electron chi connectivity index (χ1n) is 11.1. The van der Waals surface area contributed by atoms with E-state index in [1.807, 2.05) is 13.0 Å². The van der Waals surface area contributed by atoms with Crippen LogP contribution < -0.4 is 9.50 Å². The van der Waals surface area contributed by atoms with E-state index in [0.717, 1.165) is 51.3 Å². The van der Waals surface area contributed by atoms with Crippen molar-refractivity contribution in [3.63, 3.8) is 0 Å². The largest absolute Gasteiger partial charge is 0.379 e. The molecule has 1 fully saturated rings. The summed E-state index contributed by atoms with van der Waals surface area (Å²) in [7, 11) is -3.94. The molecule has 2 aromatic rings. The third-order valence-electron chi connectivity index (χ3n) is 5.78. The molecule has 0 atom stereocenters. The Hall–Kier alpha value is -2.42. The minimum atomic E-state index is -3.94. The molecule has 1 saturated heterocycles. The van der Waals surface area contributed by atoms with Crippen LogP contribution in [0.1, 0.15) is 34.8 Å². The monoisotopic (exact) mass is 459 g/mol. The molecule has 8 heteroatoms. The second kappa shape index (κ2) is 10.9. The minimum absolute atomic E-state index is 0.149. The van der Waals surface area contributed by atoms with Crippen LogP contribution in [-0.4, -0.2) is 69.9 Å². The Morgan fingerprint density at radius 1 is 1.00 bits per heavy atom. The molecule has 0 aromatic heterocycles. The zero-order valence-corrected chi connectivity index (χ0v) is 20.0. The van der Waals surface area contributed by atoms with E-state index in [-0.39, 0.29) is 16.6 Å². The van der Waals surface area contributed by atoms with Gasteiger partial charge in [-0.2, -0.15) is 8.42 Å². The van der Waals surface area contributed by atoms with E-state index in [2.05, 4.69) is 22.0 Å². The van der Waals surface area contributed by atoms with Gasteiger partial charge in [-0.3, -0.25) is 4.79 Å². The topological polar surface area (TPSA) is 79.0 Å². The van der Waals surface area contributed by atoms with E-state index < -0.39 is 10.1 Å². The lowest BCUT2D eigenvalue weighted by Gasteiger charge is -2.33. The molecule has 0 spiro atoms. The summed E-state index contributed by atoms with van der Waals surface area (Å²) in [5, 5.41) is 2.93. The van der Waals surface area contributed by atoms with Gasteiger partial charge in [-0.25, -0.2) is 0 Å². The second-order valence-electron chi connectivity index (χ2n) is 8.22. The number of nitrogens with zero attached hydrogens (tertiary/aromatic N) is 2. The molecule has 0 aliphatic carbocycles. The van der Waals surface area contributed by atoms with Crippen molar-refractivity contribution in [3.8, 4) is 5.75 Å². The highest BCUT2D eigenvalue weighted by Crippen LogP contribution is 2.22. The Bertz CT molecular complexity index is 1010. The van der Waals surface area contributed by atoms with Crippen molar-refractivity contribution in [2.45, 2.75) is 32.1 Å². The maximum Gasteiger partial charge on any atom is 0.339 e. The van der Waals surface area contributed by atoms with E-state index in [1.165, 1.54) is 12.1 Å². The van der Waals surface area contributed by atoms with E-state index >= 15 is 0 Å². The van der Waals surface area contributed by atoms with Crippen molar-refractivity contribution in [2.24, 2.45) is 0 Å². The lowest BCUT2D eigenvalue weighted by Crippen LogP contribution is -2.46.